The van der Waals surface area contributed by atoms with Gasteiger partial charge in [0.15, 0.2) is 0 Å². The molecule has 0 bridgehead atoms. The van der Waals surface area contributed by atoms with Crippen molar-refractivity contribution >= 4 is 15.9 Å². The highest BCUT2D eigenvalue weighted by atomic mass is 79.9. The largest absolute Gasteiger partial charge is 0.342 e. The maximum Gasteiger partial charge on any atom is 0.133 e. The second kappa shape index (κ2) is 5.43. The number of H-pyrrole nitrogens is 1. The highest BCUT2D eigenvalue weighted by Crippen LogP contribution is 2.24. The lowest BCUT2D eigenvalue weighted by atomic mass is 10.1. The third-order valence-corrected chi connectivity index (χ3v) is 3.95. The van der Waals surface area contributed by atoms with Crippen LogP contribution in [0.4, 0.5) is 4.39 Å². The van der Waals surface area contributed by atoms with Crippen LogP contribution in [0.15, 0.2) is 28.9 Å². The van der Waals surface area contributed by atoms with Crippen molar-refractivity contribution in [2.45, 2.75) is 25.3 Å². The molecule has 2 aromatic rings. The Kier molecular flexibility index (Phi) is 3.66. The van der Waals surface area contributed by atoms with E-state index in [1.807, 2.05) is 6.07 Å². The van der Waals surface area contributed by atoms with E-state index in [1.165, 1.54) is 18.9 Å². The van der Waals surface area contributed by atoms with Gasteiger partial charge in [0.1, 0.15) is 11.6 Å². The van der Waals surface area contributed by atoms with E-state index in [-0.39, 0.29) is 5.82 Å². The molecule has 0 aliphatic carbocycles. The van der Waals surface area contributed by atoms with Crippen molar-refractivity contribution in [3.05, 3.63) is 40.5 Å². The van der Waals surface area contributed by atoms with Crippen LogP contribution in [-0.4, -0.2) is 22.6 Å². The van der Waals surface area contributed by atoms with Gasteiger partial charge < -0.3 is 10.3 Å². The number of aromatic amines is 1. The van der Waals surface area contributed by atoms with E-state index >= 15 is 0 Å². The molecule has 100 valence electrons. The molecule has 3 nitrogen and oxygen atoms in total. The fourth-order valence-corrected chi connectivity index (χ4v) is 2.81. The minimum Gasteiger partial charge on any atom is -0.342 e. The lowest BCUT2D eigenvalue weighted by Gasteiger charge is -2.06. The molecule has 1 atom stereocenters. The molecule has 1 fully saturated rings. The summed E-state index contributed by atoms with van der Waals surface area (Å²) in [7, 11) is 0. The fourth-order valence-electron chi connectivity index (χ4n) is 2.48. The van der Waals surface area contributed by atoms with Crippen LogP contribution in [0.1, 0.15) is 18.7 Å². The predicted octanol–water partition coefficient (Wildman–Crippen LogP) is 3.27. The Morgan fingerprint density at radius 1 is 1.42 bits per heavy atom. The topological polar surface area (TPSA) is 40.7 Å². The van der Waals surface area contributed by atoms with Gasteiger partial charge >= 0.3 is 0 Å². The van der Waals surface area contributed by atoms with E-state index < -0.39 is 0 Å². The van der Waals surface area contributed by atoms with Gasteiger partial charge in [-0.2, -0.15) is 0 Å². The van der Waals surface area contributed by atoms with Gasteiger partial charge in [0.05, 0.1) is 11.9 Å². The third kappa shape index (κ3) is 2.87. The van der Waals surface area contributed by atoms with Crippen LogP contribution in [-0.2, 0) is 6.42 Å². The van der Waals surface area contributed by atoms with Gasteiger partial charge in [-0.25, -0.2) is 9.37 Å². The van der Waals surface area contributed by atoms with Crippen LogP contribution in [0.2, 0.25) is 0 Å². The molecule has 1 aliphatic heterocycles. The molecular weight excluding hydrogens is 309 g/mol. The van der Waals surface area contributed by atoms with E-state index in [0.29, 0.717) is 11.6 Å². The van der Waals surface area contributed by atoms with Crippen molar-refractivity contribution in [2.75, 3.05) is 6.54 Å². The van der Waals surface area contributed by atoms with Gasteiger partial charge in [-0.3, -0.25) is 0 Å². The van der Waals surface area contributed by atoms with Crippen LogP contribution in [0.3, 0.4) is 0 Å². The molecule has 0 spiro atoms. The molecule has 2 heterocycles. The quantitative estimate of drug-likeness (QED) is 0.910. The number of rotatable bonds is 3. The molecule has 1 aliphatic rings. The Morgan fingerprint density at radius 3 is 3.05 bits per heavy atom. The Balaban J connectivity index is 1.80. The van der Waals surface area contributed by atoms with Crippen LogP contribution in [0.5, 0.6) is 0 Å². The molecule has 1 unspecified atom stereocenters. The second-order valence-electron chi connectivity index (χ2n) is 4.87. The number of hydrogen-bond donors (Lipinski definition) is 2. The van der Waals surface area contributed by atoms with Crippen molar-refractivity contribution in [1.29, 1.82) is 0 Å². The SMILES string of the molecule is Fc1cc(Br)ccc1-c1cnc(CC2CCCN2)[nH]1. The number of hydrogen-bond acceptors (Lipinski definition) is 2. The van der Waals surface area contributed by atoms with Gasteiger partial charge in [0.2, 0.25) is 0 Å². The molecule has 2 N–H and O–H groups in total. The average molecular weight is 324 g/mol. The highest BCUT2D eigenvalue weighted by Gasteiger charge is 2.16. The molecule has 0 radical (unpaired) electrons. The van der Waals surface area contributed by atoms with Crippen molar-refractivity contribution in [3.63, 3.8) is 0 Å². The zero-order valence-electron chi connectivity index (χ0n) is 10.4. The monoisotopic (exact) mass is 323 g/mol. The standard InChI is InChI=1S/C14H15BrFN3/c15-9-3-4-11(12(16)6-9)13-8-18-14(19-13)7-10-2-1-5-17-10/h3-4,6,8,10,17H,1-2,5,7H2,(H,18,19). The summed E-state index contributed by atoms with van der Waals surface area (Å²) in [6.07, 6.45) is 4.98. The summed E-state index contributed by atoms with van der Waals surface area (Å²) in [5.74, 6) is 0.667. The fraction of sp³-hybridized carbons (Fsp3) is 0.357. The van der Waals surface area contributed by atoms with Gasteiger partial charge in [-0.1, -0.05) is 15.9 Å². The number of halogens is 2. The molecule has 0 amide bonds. The summed E-state index contributed by atoms with van der Waals surface area (Å²) in [5, 5.41) is 3.43. The Morgan fingerprint density at radius 2 is 2.32 bits per heavy atom. The van der Waals surface area contributed by atoms with Gasteiger partial charge in [-0.15, -0.1) is 0 Å². The maximum atomic E-state index is 13.9. The summed E-state index contributed by atoms with van der Waals surface area (Å²) >= 11 is 3.26. The number of aromatic nitrogens is 2. The molecule has 1 saturated heterocycles. The summed E-state index contributed by atoms with van der Waals surface area (Å²) in [4.78, 5) is 7.56. The molecule has 1 aromatic heterocycles. The highest BCUT2D eigenvalue weighted by molar-refractivity contribution is 9.10. The molecule has 0 saturated carbocycles. The Hall–Kier alpha value is -1.20. The van der Waals surface area contributed by atoms with E-state index in [0.717, 1.165) is 29.0 Å². The zero-order valence-corrected chi connectivity index (χ0v) is 12.0. The zero-order chi connectivity index (χ0) is 13.2. The van der Waals surface area contributed by atoms with Gasteiger partial charge in [0, 0.05) is 22.5 Å². The van der Waals surface area contributed by atoms with Crippen molar-refractivity contribution in [1.82, 2.24) is 15.3 Å². The van der Waals surface area contributed by atoms with Gasteiger partial charge in [0.25, 0.3) is 0 Å². The lowest BCUT2D eigenvalue weighted by Crippen LogP contribution is -2.24. The van der Waals surface area contributed by atoms with Gasteiger partial charge in [-0.05, 0) is 37.6 Å². The Bertz CT molecular complexity index is 576. The summed E-state index contributed by atoms with van der Waals surface area (Å²) in [6, 6.07) is 5.55. The van der Waals surface area contributed by atoms with Crippen LogP contribution >= 0.6 is 15.9 Å². The number of nitrogens with one attached hydrogen (secondary N) is 2. The summed E-state index contributed by atoms with van der Waals surface area (Å²) in [5.41, 5.74) is 1.29. The van der Waals surface area contributed by atoms with Crippen LogP contribution < -0.4 is 5.32 Å². The van der Waals surface area contributed by atoms with E-state index in [2.05, 4.69) is 31.2 Å². The first-order valence-electron chi connectivity index (χ1n) is 6.45. The number of imidazole rings is 1. The maximum absolute atomic E-state index is 13.9. The van der Waals surface area contributed by atoms with Crippen molar-refractivity contribution < 1.29 is 4.39 Å². The second-order valence-corrected chi connectivity index (χ2v) is 5.78. The molecule has 19 heavy (non-hydrogen) atoms. The third-order valence-electron chi connectivity index (χ3n) is 3.45. The molecule has 5 heteroatoms. The summed E-state index contributed by atoms with van der Waals surface area (Å²) < 4.78 is 14.6. The number of benzene rings is 1. The van der Waals surface area contributed by atoms with Crippen molar-refractivity contribution in [3.8, 4) is 11.3 Å². The Labute approximate surface area is 119 Å². The summed E-state index contributed by atoms with van der Waals surface area (Å²) in [6.45, 7) is 1.08. The van der Waals surface area contributed by atoms with Crippen LogP contribution in [0.25, 0.3) is 11.3 Å². The predicted molar refractivity (Wildman–Crippen MR) is 76.4 cm³/mol. The number of nitrogens with zero attached hydrogens (tertiary/aromatic N) is 1. The first-order valence-corrected chi connectivity index (χ1v) is 7.24. The van der Waals surface area contributed by atoms with Crippen molar-refractivity contribution in [2.24, 2.45) is 0 Å². The van der Waals surface area contributed by atoms with E-state index in [9.17, 15) is 4.39 Å². The molecule has 3 rings (SSSR count). The molecular formula is C14H15BrFN3. The average Bonchev–Trinajstić information content (AvgIpc) is 3.01. The minimum absolute atomic E-state index is 0.247. The van der Waals surface area contributed by atoms with Crippen LogP contribution in [0, 0.1) is 5.82 Å². The van der Waals surface area contributed by atoms with E-state index in [4.69, 9.17) is 0 Å². The molecule has 1 aromatic carbocycles. The van der Waals surface area contributed by atoms with E-state index in [1.54, 1.807) is 12.3 Å². The smallest absolute Gasteiger partial charge is 0.133 e. The normalized spacial score (nSPS) is 18.9. The lowest BCUT2D eigenvalue weighted by molar-refractivity contribution is 0.588. The first kappa shape index (κ1) is 12.8. The first-order chi connectivity index (χ1) is 9.22. The minimum atomic E-state index is -0.247.